The fourth-order valence-electron chi connectivity index (χ4n) is 2.32. The number of hydrogen-bond donors (Lipinski definition) is 1. The van der Waals surface area contributed by atoms with Crippen LogP contribution in [-0.2, 0) is 4.79 Å². The zero-order valence-electron chi connectivity index (χ0n) is 15.0. The maximum absolute atomic E-state index is 12.5. The predicted octanol–water partition coefficient (Wildman–Crippen LogP) is 3.69. The molecular weight excluding hydrogens is 388 g/mol. The third-order valence-corrected chi connectivity index (χ3v) is 4.76. The number of hydrogen-bond acceptors (Lipinski definition) is 6. The van der Waals surface area contributed by atoms with Gasteiger partial charge in [-0.1, -0.05) is 41.6 Å². The zero-order chi connectivity index (χ0) is 20.1. The van der Waals surface area contributed by atoms with Crippen LogP contribution < -0.4 is 10.1 Å². The Labute approximate surface area is 164 Å². The number of alkyl halides is 2. The molecular formula is C18H17F2N5O2S. The average Bonchev–Trinajstić information content (AvgIpc) is 3.11. The largest absolute Gasteiger partial charge is 0.433 e. The van der Waals surface area contributed by atoms with Gasteiger partial charge in [0.05, 0.1) is 16.6 Å². The average molecular weight is 405 g/mol. The molecule has 1 heterocycles. The second kappa shape index (κ2) is 8.79. The number of nitrogens with zero attached hydrogens (tertiary/aromatic N) is 4. The van der Waals surface area contributed by atoms with E-state index in [0.29, 0.717) is 5.16 Å². The first-order chi connectivity index (χ1) is 13.4. The summed E-state index contributed by atoms with van der Waals surface area (Å²) >= 11 is 1.15. The minimum absolute atomic E-state index is 0.104. The summed E-state index contributed by atoms with van der Waals surface area (Å²) in [5, 5.41) is 14.0. The minimum Gasteiger partial charge on any atom is -0.433 e. The topological polar surface area (TPSA) is 81.9 Å². The van der Waals surface area contributed by atoms with E-state index < -0.39 is 17.8 Å². The molecule has 0 fully saturated rings. The van der Waals surface area contributed by atoms with Crippen molar-refractivity contribution in [1.29, 1.82) is 0 Å². The molecule has 2 aromatic carbocycles. The summed E-state index contributed by atoms with van der Waals surface area (Å²) in [5.41, 5.74) is 2.03. The number of tetrazole rings is 1. The number of carbonyl (C=O) groups excluding carboxylic acids is 1. The van der Waals surface area contributed by atoms with E-state index in [0.717, 1.165) is 23.0 Å². The Morgan fingerprint density at radius 2 is 1.89 bits per heavy atom. The van der Waals surface area contributed by atoms with Gasteiger partial charge in [-0.05, 0) is 48.5 Å². The summed E-state index contributed by atoms with van der Waals surface area (Å²) in [6.45, 7) is 0.662. The summed E-state index contributed by atoms with van der Waals surface area (Å²) < 4.78 is 31.0. The van der Waals surface area contributed by atoms with Gasteiger partial charge in [-0.3, -0.25) is 4.79 Å². The number of benzene rings is 2. The van der Waals surface area contributed by atoms with Gasteiger partial charge in [-0.2, -0.15) is 13.5 Å². The van der Waals surface area contributed by atoms with Crippen LogP contribution in [0.25, 0.3) is 5.69 Å². The lowest BCUT2D eigenvalue weighted by atomic mass is 10.2. The summed E-state index contributed by atoms with van der Waals surface area (Å²) in [6, 6.07) is 13.6. The Hall–Kier alpha value is -3.01. The molecule has 0 saturated carbocycles. The monoisotopic (exact) mass is 405 g/mol. The Morgan fingerprint density at radius 3 is 2.61 bits per heavy atom. The van der Waals surface area contributed by atoms with Gasteiger partial charge in [0.2, 0.25) is 11.1 Å². The summed E-state index contributed by atoms with van der Waals surface area (Å²) in [4.78, 5) is 12.5. The van der Waals surface area contributed by atoms with Crippen LogP contribution in [0.5, 0.6) is 5.75 Å². The van der Waals surface area contributed by atoms with Crippen molar-refractivity contribution in [2.75, 3.05) is 5.32 Å². The molecule has 1 atom stereocenters. The van der Waals surface area contributed by atoms with E-state index in [-0.39, 0.29) is 11.4 Å². The van der Waals surface area contributed by atoms with Gasteiger partial charge in [0.15, 0.2) is 0 Å². The van der Waals surface area contributed by atoms with Crippen LogP contribution in [-0.4, -0.2) is 38.0 Å². The van der Waals surface area contributed by atoms with E-state index in [2.05, 4.69) is 25.6 Å². The molecule has 3 rings (SSSR count). The fourth-order valence-corrected chi connectivity index (χ4v) is 3.12. The third kappa shape index (κ3) is 4.83. The van der Waals surface area contributed by atoms with Gasteiger partial charge in [0.1, 0.15) is 5.75 Å². The number of halogens is 2. The number of ether oxygens (including phenoxy) is 1. The Bertz CT molecular complexity index is 949. The van der Waals surface area contributed by atoms with E-state index in [4.69, 9.17) is 0 Å². The number of rotatable bonds is 7. The molecule has 28 heavy (non-hydrogen) atoms. The lowest BCUT2D eigenvalue weighted by molar-refractivity contribution is -0.115. The van der Waals surface area contributed by atoms with Gasteiger partial charge in [-0.15, -0.1) is 5.10 Å². The maximum atomic E-state index is 12.5. The molecule has 146 valence electrons. The van der Waals surface area contributed by atoms with Gasteiger partial charge in [-0.25, -0.2) is 0 Å². The second-order valence-electron chi connectivity index (χ2n) is 5.83. The maximum Gasteiger partial charge on any atom is 0.387 e. The van der Waals surface area contributed by atoms with Crippen molar-refractivity contribution in [2.24, 2.45) is 0 Å². The molecule has 0 radical (unpaired) electrons. The smallest absolute Gasteiger partial charge is 0.387 e. The minimum atomic E-state index is -2.98. The van der Waals surface area contributed by atoms with Crippen LogP contribution in [0.4, 0.5) is 14.5 Å². The number of aromatic nitrogens is 4. The van der Waals surface area contributed by atoms with Crippen LogP contribution in [0.1, 0.15) is 12.5 Å². The number of nitrogens with one attached hydrogen (secondary N) is 1. The zero-order valence-corrected chi connectivity index (χ0v) is 15.9. The molecule has 0 saturated heterocycles. The molecule has 0 aliphatic rings. The SMILES string of the molecule is Cc1ccc(-n2nnnc2SC(C)C(=O)Nc2ccccc2OC(F)F)cc1. The van der Waals surface area contributed by atoms with Gasteiger partial charge in [0.25, 0.3) is 0 Å². The summed E-state index contributed by atoms with van der Waals surface area (Å²) in [5.74, 6) is -0.499. The number of aryl methyl sites for hydroxylation is 1. The highest BCUT2D eigenvalue weighted by molar-refractivity contribution is 8.00. The highest BCUT2D eigenvalue weighted by atomic mass is 32.2. The van der Waals surface area contributed by atoms with E-state index in [1.165, 1.54) is 16.8 Å². The van der Waals surface area contributed by atoms with Crippen molar-refractivity contribution in [3.63, 3.8) is 0 Å². The normalized spacial score (nSPS) is 12.0. The quantitative estimate of drug-likeness (QED) is 0.604. The second-order valence-corrected chi connectivity index (χ2v) is 7.14. The highest BCUT2D eigenvalue weighted by Gasteiger charge is 2.21. The Balaban J connectivity index is 1.71. The molecule has 0 bridgehead atoms. The van der Waals surface area contributed by atoms with Crippen molar-refractivity contribution in [3.05, 3.63) is 54.1 Å². The molecule has 3 aromatic rings. The van der Waals surface area contributed by atoms with Crippen LogP contribution in [0, 0.1) is 6.92 Å². The lowest BCUT2D eigenvalue weighted by Gasteiger charge is -2.14. The van der Waals surface area contributed by atoms with Crippen molar-refractivity contribution >= 4 is 23.4 Å². The molecule has 1 aromatic heterocycles. The molecule has 7 nitrogen and oxygen atoms in total. The molecule has 10 heteroatoms. The summed E-state index contributed by atoms with van der Waals surface area (Å²) in [6.07, 6.45) is 0. The van der Waals surface area contributed by atoms with Crippen molar-refractivity contribution < 1.29 is 18.3 Å². The number of anilines is 1. The molecule has 1 unspecified atom stereocenters. The highest BCUT2D eigenvalue weighted by Crippen LogP contribution is 2.28. The Morgan fingerprint density at radius 1 is 1.18 bits per heavy atom. The number of para-hydroxylation sites is 2. The van der Waals surface area contributed by atoms with Crippen molar-refractivity contribution in [2.45, 2.75) is 30.9 Å². The Kier molecular flexibility index (Phi) is 6.19. The molecule has 0 spiro atoms. The lowest BCUT2D eigenvalue weighted by Crippen LogP contribution is -2.23. The number of amides is 1. The van der Waals surface area contributed by atoms with Crippen molar-refractivity contribution in [1.82, 2.24) is 20.2 Å². The van der Waals surface area contributed by atoms with Crippen molar-refractivity contribution in [3.8, 4) is 11.4 Å². The molecule has 1 amide bonds. The van der Waals surface area contributed by atoms with Gasteiger partial charge < -0.3 is 10.1 Å². The molecule has 1 N–H and O–H groups in total. The van der Waals surface area contributed by atoms with Crippen LogP contribution in [0.2, 0.25) is 0 Å². The van der Waals surface area contributed by atoms with E-state index >= 15 is 0 Å². The first-order valence-electron chi connectivity index (χ1n) is 8.31. The van der Waals surface area contributed by atoms with E-state index in [9.17, 15) is 13.6 Å². The summed E-state index contributed by atoms with van der Waals surface area (Å²) in [7, 11) is 0. The first-order valence-corrected chi connectivity index (χ1v) is 9.19. The molecule has 0 aliphatic carbocycles. The van der Waals surface area contributed by atoms with Gasteiger partial charge in [0, 0.05) is 0 Å². The number of carbonyl (C=O) groups is 1. The number of thioether (sulfide) groups is 1. The van der Waals surface area contributed by atoms with E-state index in [1.54, 1.807) is 19.1 Å². The van der Waals surface area contributed by atoms with E-state index in [1.807, 2.05) is 31.2 Å². The molecule has 0 aliphatic heterocycles. The van der Waals surface area contributed by atoms with Crippen LogP contribution >= 0.6 is 11.8 Å². The fraction of sp³-hybridized carbons (Fsp3) is 0.222. The first kappa shape index (κ1) is 19.7. The third-order valence-electron chi connectivity index (χ3n) is 3.73. The standard InChI is InChI=1S/C18H17F2N5O2S/c1-11-7-9-13(10-8-11)25-18(22-23-24-25)28-12(2)16(26)21-14-5-3-4-6-15(14)27-17(19)20/h3-10,12,17H,1-2H3,(H,21,26). The van der Waals surface area contributed by atoms with Gasteiger partial charge >= 0.3 is 6.61 Å². The van der Waals surface area contributed by atoms with Crippen LogP contribution in [0.3, 0.4) is 0 Å². The van der Waals surface area contributed by atoms with Crippen LogP contribution in [0.15, 0.2) is 53.7 Å². The predicted molar refractivity (Wildman–Crippen MR) is 101 cm³/mol.